The van der Waals surface area contributed by atoms with E-state index in [1.54, 1.807) is 0 Å². The predicted molar refractivity (Wildman–Crippen MR) is 401 cm³/mol. The van der Waals surface area contributed by atoms with Gasteiger partial charge in [0.15, 0.2) is 0 Å². The van der Waals surface area contributed by atoms with Crippen LogP contribution in [0.3, 0.4) is 0 Å². The Kier molecular flexibility index (Phi) is 91.4. The van der Waals surface area contributed by atoms with Crippen molar-refractivity contribution in [1.29, 1.82) is 0 Å². The molecule has 516 valence electrons. The van der Waals surface area contributed by atoms with Gasteiger partial charge in [0, 0.05) is 0 Å². The maximum absolute atomic E-state index is 2.40. The van der Waals surface area contributed by atoms with Crippen molar-refractivity contribution in [2.24, 2.45) is 118 Å². The van der Waals surface area contributed by atoms with E-state index in [1.165, 1.54) is 161 Å². The quantitative estimate of drug-likeness (QED) is 0.0549. The zero-order valence-electron chi connectivity index (χ0n) is 67.2. The highest BCUT2D eigenvalue weighted by Crippen LogP contribution is 2.31. The van der Waals surface area contributed by atoms with E-state index in [-0.39, 0.29) is 0 Å². The Bertz CT molecular complexity index is 1020. The Morgan fingerprint density at radius 1 is 0.181 bits per heavy atom. The van der Waals surface area contributed by atoms with Crippen LogP contribution in [-0.2, 0) is 0 Å². The highest BCUT2D eigenvalue weighted by atomic mass is 14.3. The first-order valence-electron chi connectivity index (χ1n) is 38.5. The fraction of sp³-hybridized carbons (Fsp3) is 1.00. The van der Waals surface area contributed by atoms with Gasteiger partial charge in [-0.3, -0.25) is 0 Å². The van der Waals surface area contributed by atoms with Crippen LogP contribution in [0.25, 0.3) is 0 Å². The first-order valence-corrected chi connectivity index (χ1v) is 38.5. The summed E-state index contributed by atoms with van der Waals surface area (Å²) >= 11 is 0. The van der Waals surface area contributed by atoms with Crippen LogP contribution in [0.15, 0.2) is 0 Å². The molecule has 0 saturated heterocycles. The van der Waals surface area contributed by atoms with Gasteiger partial charge in [-0.2, -0.15) is 0 Å². The Morgan fingerprint density at radius 3 is 0.759 bits per heavy atom. The van der Waals surface area contributed by atoms with E-state index in [1.807, 2.05) is 0 Å². The summed E-state index contributed by atoms with van der Waals surface area (Å²) in [5, 5.41) is 0. The summed E-state index contributed by atoms with van der Waals surface area (Å²) in [5.74, 6) is 17.8. The third kappa shape index (κ3) is 90.9. The lowest BCUT2D eigenvalue weighted by Crippen LogP contribution is -2.24. The Labute approximate surface area is 539 Å². The Morgan fingerprint density at radius 2 is 0.506 bits per heavy atom. The van der Waals surface area contributed by atoms with E-state index in [0.717, 1.165) is 118 Å². The average Bonchev–Trinajstić information content (AvgIpc) is 3.41. The molecule has 0 heteroatoms. The van der Waals surface area contributed by atoms with Crippen molar-refractivity contribution in [3.05, 3.63) is 0 Å². The molecule has 0 heterocycles. The van der Waals surface area contributed by atoms with Gasteiger partial charge in [0.05, 0.1) is 0 Å². The molecule has 0 radical (unpaired) electrons. The van der Waals surface area contributed by atoms with Gasteiger partial charge in [-0.15, -0.1) is 0 Å². The lowest BCUT2D eigenvalue weighted by molar-refractivity contribution is 0.184. The minimum Gasteiger partial charge on any atom is -0.0654 e. The molecule has 0 aliphatic carbocycles. The van der Waals surface area contributed by atoms with Crippen molar-refractivity contribution in [3.63, 3.8) is 0 Å². The molecular weight excluding hydrogens is 997 g/mol. The van der Waals surface area contributed by atoms with E-state index >= 15 is 0 Å². The first-order chi connectivity index (χ1) is 38.5. The zero-order chi connectivity index (χ0) is 67.2. The number of hydrogen-bond donors (Lipinski definition) is 0. The first kappa shape index (κ1) is 102. The van der Waals surface area contributed by atoms with Crippen LogP contribution in [0.1, 0.15) is 424 Å². The van der Waals surface area contributed by atoms with Gasteiger partial charge >= 0.3 is 0 Å². The second kappa shape index (κ2) is 74.5. The Balaban J connectivity index is -0.000000106. The summed E-state index contributed by atoms with van der Waals surface area (Å²) in [6.45, 7) is 87.9. The summed E-state index contributed by atoms with van der Waals surface area (Å²) in [6, 6.07) is 0. The maximum Gasteiger partial charge on any atom is -0.0386 e. The molecule has 9 atom stereocenters. The molecule has 0 nitrogen and oxygen atoms in total. The van der Waals surface area contributed by atoms with Crippen molar-refractivity contribution in [3.8, 4) is 0 Å². The molecule has 83 heavy (non-hydrogen) atoms. The largest absolute Gasteiger partial charge is 0.0654 e. The molecule has 0 saturated carbocycles. The van der Waals surface area contributed by atoms with Gasteiger partial charge in [-0.25, -0.2) is 0 Å². The summed E-state index contributed by atoms with van der Waals surface area (Å²) < 4.78 is 0. The molecule has 0 fully saturated rings. The molecular formula is C83H184. The predicted octanol–water partition coefficient (Wildman–Crippen LogP) is 31.7. The average molecular weight is 1180 g/mol. The molecule has 9 unspecified atom stereocenters. The van der Waals surface area contributed by atoms with E-state index in [2.05, 4.69) is 263 Å². The van der Waals surface area contributed by atoms with Crippen LogP contribution in [0.2, 0.25) is 0 Å². The second-order valence-electron chi connectivity index (χ2n) is 31.4. The second-order valence-corrected chi connectivity index (χ2v) is 31.4. The molecule has 0 rings (SSSR count). The minimum absolute atomic E-state index is 0.821. The van der Waals surface area contributed by atoms with Crippen LogP contribution in [0.5, 0.6) is 0 Å². The fourth-order valence-electron chi connectivity index (χ4n) is 10.6. The van der Waals surface area contributed by atoms with Crippen LogP contribution in [-0.4, -0.2) is 0 Å². The molecule has 0 bridgehead atoms. The van der Waals surface area contributed by atoms with Gasteiger partial charge in [0.1, 0.15) is 0 Å². The molecule has 0 aromatic carbocycles. The van der Waals surface area contributed by atoms with Crippen LogP contribution < -0.4 is 0 Å². The zero-order valence-corrected chi connectivity index (χ0v) is 67.2. The minimum atomic E-state index is 0.821. The summed E-state index contributed by atoms with van der Waals surface area (Å²) in [4.78, 5) is 0. The van der Waals surface area contributed by atoms with Crippen molar-refractivity contribution in [1.82, 2.24) is 0 Å². The van der Waals surface area contributed by atoms with Crippen LogP contribution in [0.4, 0.5) is 0 Å². The molecule has 0 aromatic rings. The van der Waals surface area contributed by atoms with Crippen LogP contribution >= 0.6 is 0 Å². The number of rotatable bonds is 36. The number of hydrogen-bond acceptors (Lipinski definition) is 0. The lowest BCUT2D eigenvalue weighted by atomic mass is 9.75. The Hall–Kier alpha value is 0. The van der Waals surface area contributed by atoms with Gasteiger partial charge in [0.2, 0.25) is 0 Å². The van der Waals surface area contributed by atoms with Crippen molar-refractivity contribution >= 4 is 0 Å². The van der Waals surface area contributed by atoms with Gasteiger partial charge < -0.3 is 0 Å². The van der Waals surface area contributed by atoms with E-state index < -0.39 is 0 Å². The van der Waals surface area contributed by atoms with Gasteiger partial charge in [0.25, 0.3) is 0 Å². The third-order valence-corrected chi connectivity index (χ3v) is 19.3. The highest BCUT2D eigenvalue weighted by Gasteiger charge is 2.23. The molecule has 0 amide bonds. The van der Waals surface area contributed by atoms with Crippen LogP contribution in [0, 0.1) is 118 Å². The third-order valence-electron chi connectivity index (χ3n) is 19.3. The number of unbranched alkanes of at least 4 members (excludes halogenated alkanes) is 5. The van der Waals surface area contributed by atoms with E-state index in [0.29, 0.717) is 0 Å². The van der Waals surface area contributed by atoms with Crippen molar-refractivity contribution in [2.75, 3.05) is 0 Å². The molecule has 0 spiro atoms. The van der Waals surface area contributed by atoms with Gasteiger partial charge in [-0.1, -0.05) is 398 Å². The maximum atomic E-state index is 2.40. The fourth-order valence-corrected chi connectivity index (χ4v) is 10.6. The standard InChI is InChI=1S/C12H26.2C10H22.4C9H20.C8H18.C7H16/c1-8(2)10(5)12(7)11(6)9(3)4;1-8(2)6-10(5)7-9(3)4;1-6-8(3)10(5)9(4)7-2;1-5-9(4)7-6-8(2)3;1-5-6-9(4)7-8(2)3;1-5-6-7-9(4)8(2)3;1-5-8(3)7-9(4)6-2;1-4-6-8(3)7-5-2;1-3-5-7-6-4-2/h8-12H,1-7H3;2*8-10H,6-7H2,1-5H3;4*8-9H,5-7H2,1-4H3;8H,4-7H2,1-3H3;3-7H2,1-2H3. The van der Waals surface area contributed by atoms with E-state index in [9.17, 15) is 0 Å². The highest BCUT2D eigenvalue weighted by molar-refractivity contribution is 4.72. The summed E-state index contributed by atoms with van der Waals surface area (Å²) in [5.41, 5.74) is 0. The monoisotopic (exact) mass is 1180 g/mol. The molecule has 0 N–H and O–H groups in total. The smallest absolute Gasteiger partial charge is 0.0386 e. The topological polar surface area (TPSA) is 0 Å². The molecule has 0 aliphatic heterocycles. The normalized spacial score (nSPS) is 15.1. The van der Waals surface area contributed by atoms with Crippen molar-refractivity contribution < 1.29 is 0 Å². The molecule has 0 aliphatic rings. The molecule has 0 aromatic heterocycles. The SMILES string of the molecule is CC(C)C(C)C(C)C(C)C(C)C.CC(C)CC(C)CC(C)C.CCC(C)C(C)C(C)CC.CCC(C)CC(C)CC.CCC(C)CCC(C)C.CCCC(C)CC(C)C.CCCC(C)CCC.CCCCC(C)C(C)C.CCCCCCC. The summed E-state index contributed by atoms with van der Waals surface area (Å²) in [6.07, 6.45) is 34.5. The van der Waals surface area contributed by atoms with Gasteiger partial charge in [-0.05, 0) is 144 Å². The summed E-state index contributed by atoms with van der Waals surface area (Å²) in [7, 11) is 0. The van der Waals surface area contributed by atoms with Crippen molar-refractivity contribution in [2.45, 2.75) is 424 Å². The van der Waals surface area contributed by atoms with E-state index in [4.69, 9.17) is 0 Å². The lowest BCUT2D eigenvalue weighted by Gasteiger charge is -2.31.